The fourth-order valence-corrected chi connectivity index (χ4v) is 2.13. The Morgan fingerprint density at radius 2 is 2.12 bits per heavy atom. The van der Waals surface area contributed by atoms with Crippen LogP contribution in [0.3, 0.4) is 0 Å². The smallest absolute Gasteiger partial charge is 0.0619 e. The zero-order valence-electron chi connectivity index (χ0n) is 9.86. The second kappa shape index (κ2) is 5.43. The van der Waals surface area contributed by atoms with Crippen molar-refractivity contribution in [3.8, 4) is 0 Å². The highest BCUT2D eigenvalue weighted by Gasteiger charge is 2.19. The van der Waals surface area contributed by atoms with Crippen molar-refractivity contribution in [3.05, 3.63) is 35.4 Å². The molecule has 3 heteroatoms. The number of ether oxygens (including phenoxy) is 1. The predicted molar refractivity (Wildman–Crippen MR) is 65.0 cm³/mol. The van der Waals surface area contributed by atoms with Crippen LogP contribution in [0.4, 0.5) is 0 Å². The second-order valence-corrected chi connectivity index (χ2v) is 4.37. The SMILES string of the molecule is CC1COCCN1Cc1ccccc1CN. The lowest BCUT2D eigenvalue weighted by Crippen LogP contribution is -2.43. The van der Waals surface area contributed by atoms with Gasteiger partial charge in [0.1, 0.15) is 0 Å². The Morgan fingerprint density at radius 3 is 2.81 bits per heavy atom. The van der Waals surface area contributed by atoms with E-state index in [2.05, 4.69) is 36.1 Å². The average molecular weight is 220 g/mol. The number of benzene rings is 1. The molecule has 1 saturated heterocycles. The molecule has 1 aliphatic rings. The molecule has 1 unspecified atom stereocenters. The lowest BCUT2D eigenvalue weighted by atomic mass is 10.1. The molecule has 1 fully saturated rings. The van der Waals surface area contributed by atoms with Gasteiger partial charge >= 0.3 is 0 Å². The minimum Gasteiger partial charge on any atom is -0.379 e. The molecule has 2 N–H and O–H groups in total. The molecular weight excluding hydrogens is 200 g/mol. The molecule has 3 nitrogen and oxygen atoms in total. The van der Waals surface area contributed by atoms with Crippen LogP contribution in [0.25, 0.3) is 0 Å². The van der Waals surface area contributed by atoms with Gasteiger partial charge in [0.05, 0.1) is 13.2 Å². The van der Waals surface area contributed by atoms with Gasteiger partial charge in [-0.1, -0.05) is 24.3 Å². The van der Waals surface area contributed by atoms with Crippen LogP contribution in [0.5, 0.6) is 0 Å². The van der Waals surface area contributed by atoms with Gasteiger partial charge in [0, 0.05) is 25.7 Å². The molecule has 0 aliphatic carbocycles. The van der Waals surface area contributed by atoms with Crippen molar-refractivity contribution in [2.24, 2.45) is 5.73 Å². The van der Waals surface area contributed by atoms with E-state index in [0.29, 0.717) is 12.6 Å². The van der Waals surface area contributed by atoms with Gasteiger partial charge < -0.3 is 10.5 Å². The lowest BCUT2D eigenvalue weighted by molar-refractivity contribution is -0.00447. The van der Waals surface area contributed by atoms with E-state index in [4.69, 9.17) is 10.5 Å². The van der Waals surface area contributed by atoms with E-state index < -0.39 is 0 Å². The van der Waals surface area contributed by atoms with Crippen LogP contribution < -0.4 is 5.73 Å². The first-order valence-electron chi connectivity index (χ1n) is 5.90. The zero-order valence-corrected chi connectivity index (χ0v) is 9.86. The molecule has 0 spiro atoms. The molecule has 16 heavy (non-hydrogen) atoms. The van der Waals surface area contributed by atoms with E-state index in [9.17, 15) is 0 Å². The fourth-order valence-electron chi connectivity index (χ4n) is 2.13. The number of morpholine rings is 1. The summed E-state index contributed by atoms with van der Waals surface area (Å²) < 4.78 is 5.44. The summed E-state index contributed by atoms with van der Waals surface area (Å²) in [6.45, 7) is 6.51. The van der Waals surface area contributed by atoms with Crippen LogP contribution in [0.15, 0.2) is 24.3 Å². The topological polar surface area (TPSA) is 38.5 Å². The minimum absolute atomic E-state index is 0.500. The predicted octanol–water partition coefficient (Wildman–Crippen LogP) is 1.37. The summed E-state index contributed by atoms with van der Waals surface area (Å²) in [6, 6.07) is 8.92. The standard InChI is InChI=1S/C13H20N2O/c1-11-10-16-7-6-15(11)9-13-5-3-2-4-12(13)8-14/h2-5,11H,6-10,14H2,1H3. The highest BCUT2D eigenvalue weighted by molar-refractivity contribution is 5.26. The Morgan fingerprint density at radius 1 is 1.38 bits per heavy atom. The maximum Gasteiger partial charge on any atom is 0.0619 e. The van der Waals surface area contributed by atoms with E-state index in [1.165, 1.54) is 11.1 Å². The Kier molecular flexibility index (Phi) is 3.93. The highest BCUT2D eigenvalue weighted by atomic mass is 16.5. The molecule has 88 valence electrons. The van der Waals surface area contributed by atoms with Crippen LogP contribution in [0.1, 0.15) is 18.1 Å². The molecule has 1 aromatic rings. The van der Waals surface area contributed by atoms with E-state index >= 15 is 0 Å². The third-order valence-corrected chi connectivity index (χ3v) is 3.22. The fraction of sp³-hybridized carbons (Fsp3) is 0.538. The number of nitrogens with zero attached hydrogens (tertiary/aromatic N) is 1. The van der Waals surface area contributed by atoms with Gasteiger partial charge in [-0.05, 0) is 18.1 Å². The van der Waals surface area contributed by atoms with Crippen molar-refractivity contribution in [1.29, 1.82) is 0 Å². The van der Waals surface area contributed by atoms with Gasteiger partial charge in [-0.15, -0.1) is 0 Å². The summed E-state index contributed by atoms with van der Waals surface area (Å²) in [5.74, 6) is 0. The summed E-state index contributed by atoms with van der Waals surface area (Å²) in [7, 11) is 0. The van der Waals surface area contributed by atoms with Crippen molar-refractivity contribution in [3.63, 3.8) is 0 Å². The minimum atomic E-state index is 0.500. The second-order valence-electron chi connectivity index (χ2n) is 4.37. The van der Waals surface area contributed by atoms with Crippen molar-refractivity contribution >= 4 is 0 Å². The lowest BCUT2D eigenvalue weighted by Gasteiger charge is -2.33. The van der Waals surface area contributed by atoms with Gasteiger partial charge in [0.25, 0.3) is 0 Å². The van der Waals surface area contributed by atoms with Crippen molar-refractivity contribution in [2.45, 2.75) is 26.1 Å². The molecule has 0 amide bonds. The molecule has 0 saturated carbocycles. The first kappa shape index (κ1) is 11.6. The summed E-state index contributed by atoms with van der Waals surface area (Å²) in [6.07, 6.45) is 0. The number of nitrogens with two attached hydrogens (primary N) is 1. The molecule has 1 atom stereocenters. The summed E-state index contributed by atoms with van der Waals surface area (Å²) in [5.41, 5.74) is 8.34. The average Bonchev–Trinajstić information content (AvgIpc) is 2.33. The number of rotatable bonds is 3. The zero-order chi connectivity index (χ0) is 11.4. The molecule has 1 heterocycles. The van der Waals surface area contributed by atoms with Crippen LogP contribution in [-0.4, -0.2) is 30.7 Å². The molecule has 1 aromatic carbocycles. The molecule has 2 rings (SSSR count). The van der Waals surface area contributed by atoms with Gasteiger partial charge in [0.15, 0.2) is 0 Å². The largest absolute Gasteiger partial charge is 0.379 e. The number of hydrogen-bond acceptors (Lipinski definition) is 3. The molecule has 0 aromatic heterocycles. The first-order chi connectivity index (χ1) is 7.81. The maximum absolute atomic E-state index is 5.75. The molecule has 1 aliphatic heterocycles. The quantitative estimate of drug-likeness (QED) is 0.836. The monoisotopic (exact) mass is 220 g/mol. The third-order valence-electron chi connectivity index (χ3n) is 3.22. The van der Waals surface area contributed by atoms with Gasteiger partial charge in [-0.3, -0.25) is 4.90 Å². The molecule has 0 radical (unpaired) electrons. The van der Waals surface area contributed by atoms with Crippen LogP contribution >= 0.6 is 0 Å². The normalized spacial score (nSPS) is 22.2. The molecule has 0 bridgehead atoms. The number of hydrogen-bond donors (Lipinski definition) is 1. The maximum atomic E-state index is 5.75. The van der Waals surface area contributed by atoms with Crippen LogP contribution in [0, 0.1) is 0 Å². The Balaban J connectivity index is 2.07. The van der Waals surface area contributed by atoms with Crippen molar-refractivity contribution in [1.82, 2.24) is 4.90 Å². The summed E-state index contributed by atoms with van der Waals surface area (Å²) in [4.78, 5) is 2.46. The summed E-state index contributed by atoms with van der Waals surface area (Å²) in [5, 5.41) is 0. The van der Waals surface area contributed by atoms with Crippen molar-refractivity contribution < 1.29 is 4.74 Å². The van der Waals surface area contributed by atoms with Gasteiger partial charge in [-0.2, -0.15) is 0 Å². The van der Waals surface area contributed by atoms with Gasteiger partial charge in [0.2, 0.25) is 0 Å². The van der Waals surface area contributed by atoms with Gasteiger partial charge in [-0.25, -0.2) is 0 Å². The van der Waals surface area contributed by atoms with Crippen LogP contribution in [0.2, 0.25) is 0 Å². The first-order valence-corrected chi connectivity index (χ1v) is 5.90. The Labute approximate surface area is 97.2 Å². The molecular formula is C13H20N2O. The third kappa shape index (κ3) is 2.61. The Hall–Kier alpha value is -0.900. The highest BCUT2D eigenvalue weighted by Crippen LogP contribution is 2.15. The van der Waals surface area contributed by atoms with Crippen molar-refractivity contribution in [2.75, 3.05) is 19.8 Å². The van der Waals surface area contributed by atoms with E-state index in [1.54, 1.807) is 0 Å². The van der Waals surface area contributed by atoms with E-state index in [1.807, 2.05) is 0 Å². The van der Waals surface area contributed by atoms with E-state index in [-0.39, 0.29) is 0 Å². The van der Waals surface area contributed by atoms with Crippen LogP contribution in [-0.2, 0) is 17.8 Å². The van der Waals surface area contributed by atoms with E-state index in [0.717, 1.165) is 26.3 Å². The Bertz CT molecular complexity index is 340. The summed E-state index contributed by atoms with van der Waals surface area (Å²) >= 11 is 0.